The first kappa shape index (κ1) is 8.05. The molecule has 0 aliphatic rings. The summed E-state index contributed by atoms with van der Waals surface area (Å²) >= 11 is 0. The summed E-state index contributed by atoms with van der Waals surface area (Å²) in [4.78, 5) is 12.2. The maximum absolute atomic E-state index is 4.88. The molecule has 0 bridgehead atoms. The molecule has 0 amide bonds. The molecule has 5 nitrogen and oxygen atoms in total. The summed E-state index contributed by atoms with van der Waals surface area (Å²) in [5.74, 6) is 0.398. The van der Waals surface area contributed by atoms with Gasteiger partial charge in [-0.2, -0.15) is 4.98 Å². The van der Waals surface area contributed by atoms with Gasteiger partial charge in [0.1, 0.15) is 0 Å². The maximum Gasteiger partial charge on any atom is 0.259 e. The molecular weight excluding hydrogens is 192 g/mol. The SMILES string of the molecule is [c]1noc(-c2cnc3cccnc3c2)n1. The third-order valence-electron chi connectivity index (χ3n) is 2.02. The highest BCUT2D eigenvalue weighted by Gasteiger charge is 2.05. The van der Waals surface area contributed by atoms with Crippen LogP contribution in [0, 0.1) is 6.33 Å². The molecule has 3 aromatic rings. The van der Waals surface area contributed by atoms with Gasteiger partial charge in [-0.05, 0) is 18.2 Å². The lowest BCUT2D eigenvalue weighted by Gasteiger charge is -1.96. The van der Waals surface area contributed by atoms with Crippen LogP contribution in [-0.4, -0.2) is 20.1 Å². The second-order valence-corrected chi connectivity index (χ2v) is 2.97. The second kappa shape index (κ2) is 3.13. The van der Waals surface area contributed by atoms with E-state index in [1.165, 1.54) is 0 Å². The summed E-state index contributed by atoms with van der Waals surface area (Å²) in [5, 5.41) is 3.42. The number of nitrogens with zero attached hydrogens (tertiary/aromatic N) is 4. The van der Waals surface area contributed by atoms with E-state index in [9.17, 15) is 0 Å². The van der Waals surface area contributed by atoms with Crippen LogP contribution in [0.5, 0.6) is 0 Å². The van der Waals surface area contributed by atoms with E-state index in [4.69, 9.17) is 4.52 Å². The van der Waals surface area contributed by atoms with Crippen LogP contribution in [0.15, 0.2) is 35.1 Å². The minimum absolute atomic E-state index is 0.398. The summed E-state index contributed by atoms with van der Waals surface area (Å²) in [6.45, 7) is 0. The van der Waals surface area contributed by atoms with Gasteiger partial charge in [0.2, 0.25) is 6.33 Å². The van der Waals surface area contributed by atoms with Crippen LogP contribution in [0.1, 0.15) is 0 Å². The smallest absolute Gasteiger partial charge is 0.259 e. The van der Waals surface area contributed by atoms with E-state index in [-0.39, 0.29) is 0 Å². The molecule has 0 fully saturated rings. The highest BCUT2D eigenvalue weighted by molar-refractivity contribution is 5.77. The Morgan fingerprint density at radius 1 is 1.20 bits per heavy atom. The van der Waals surface area contributed by atoms with Gasteiger partial charge in [0.05, 0.1) is 16.6 Å². The number of aromatic nitrogens is 4. The minimum atomic E-state index is 0.398. The van der Waals surface area contributed by atoms with Crippen LogP contribution in [0.3, 0.4) is 0 Å². The topological polar surface area (TPSA) is 64.7 Å². The fraction of sp³-hybridized carbons (Fsp3) is 0. The van der Waals surface area contributed by atoms with Crippen molar-refractivity contribution in [3.63, 3.8) is 0 Å². The zero-order chi connectivity index (χ0) is 10.1. The molecule has 0 N–H and O–H groups in total. The number of fused-ring (bicyclic) bond motifs is 1. The highest BCUT2D eigenvalue weighted by atomic mass is 16.5. The Hall–Kier alpha value is -2.30. The van der Waals surface area contributed by atoms with Crippen molar-refractivity contribution in [2.45, 2.75) is 0 Å². The Labute approximate surface area is 84.8 Å². The molecule has 15 heavy (non-hydrogen) atoms. The molecule has 71 valence electrons. The molecule has 0 aromatic carbocycles. The molecular formula is C10H5N4O. The Morgan fingerprint density at radius 3 is 3.07 bits per heavy atom. The van der Waals surface area contributed by atoms with Crippen LogP contribution in [0.25, 0.3) is 22.5 Å². The molecule has 0 aliphatic heterocycles. The van der Waals surface area contributed by atoms with E-state index < -0.39 is 0 Å². The highest BCUT2D eigenvalue weighted by Crippen LogP contribution is 2.18. The second-order valence-electron chi connectivity index (χ2n) is 2.97. The van der Waals surface area contributed by atoms with Gasteiger partial charge in [-0.3, -0.25) is 9.97 Å². The molecule has 3 aromatic heterocycles. The number of rotatable bonds is 1. The summed E-state index contributed by atoms with van der Waals surface area (Å²) in [5.41, 5.74) is 2.38. The fourth-order valence-electron chi connectivity index (χ4n) is 1.34. The molecule has 3 rings (SSSR count). The summed E-state index contributed by atoms with van der Waals surface area (Å²) in [6, 6.07) is 5.59. The first-order chi connectivity index (χ1) is 7.43. The lowest BCUT2D eigenvalue weighted by Crippen LogP contribution is -1.84. The van der Waals surface area contributed by atoms with E-state index in [0.29, 0.717) is 5.89 Å². The number of pyridine rings is 2. The third-order valence-corrected chi connectivity index (χ3v) is 2.02. The van der Waals surface area contributed by atoms with Gasteiger partial charge in [-0.25, -0.2) is 0 Å². The average molecular weight is 197 g/mol. The van der Waals surface area contributed by atoms with Crippen molar-refractivity contribution in [1.29, 1.82) is 0 Å². The Balaban J connectivity index is 2.22. The van der Waals surface area contributed by atoms with Gasteiger partial charge < -0.3 is 4.52 Å². The zero-order valence-electron chi connectivity index (χ0n) is 7.58. The molecule has 0 atom stereocenters. The Kier molecular flexibility index (Phi) is 1.68. The first-order valence-electron chi connectivity index (χ1n) is 4.34. The number of hydrogen-bond acceptors (Lipinski definition) is 5. The van der Waals surface area contributed by atoms with E-state index in [2.05, 4.69) is 26.4 Å². The van der Waals surface area contributed by atoms with Crippen molar-refractivity contribution in [2.24, 2.45) is 0 Å². The van der Waals surface area contributed by atoms with Gasteiger partial charge >= 0.3 is 0 Å². The maximum atomic E-state index is 4.88. The van der Waals surface area contributed by atoms with Crippen LogP contribution in [-0.2, 0) is 0 Å². The normalized spacial score (nSPS) is 10.7. The van der Waals surface area contributed by atoms with Crippen molar-refractivity contribution in [2.75, 3.05) is 0 Å². The quantitative estimate of drug-likeness (QED) is 0.591. The molecule has 0 unspecified atom stereocenters. The minimum Gasteiger partial charge on any atom is -0.333 e. The lowest BCUT2D eigenvalue weighted by atomic mass is 10.2. The van der Waals surface area contributed by atoms with Crippen LogP contribution < -0.4 is 0 Å². The largest absolute Gasteiger partial charge is 0.333 e. The van der Waals surface area contributed by atoms with E-state index in [1.807, 2.05) is 18.2 Å². The predicted molar refractivity (Wildman–Crippen MR) is 51.7 cm³/mol. The van der Waals surface area contributed by atoms with Crippen LogP contribution >= 0.6 is 0 Å². The van der Waals surface area contributed by atoms with E-state index >= 15 is 0 Å². The van der Waals surface area contributed by atoms with Gasteiger partial charge in [-0.1, -0.05) is 5.16 Å². The van der Waals surface area contributed by atoms with Crippen molar-refractivity contribution in [3.05, 3.63) is 36.9 Å². The first-order valence-corrected chi connectivity index (χ1v) is 4.34. The number of hydrogen-bond donors (Lipinski definition) is 0. The third kappa shape index (κ3) is 1.34. The predicted octanol–water partition coefficient (Wildman–Crippen LogP) is 1.48. The molecule has 5 heteroatoms. The molecule has 0 saturated carbocycles. The van der Waals surface area contributed by atoms with Crippen molar-refractivity contribution >= 4 is 11.0 Å². The summed E-state index contributed by atoms with van der Waals surface area (Å²) in [7, 11) is 0. The van der Waals surface area contributed by atoms with Gasteiger partial charge in [0.25, 0.3) is 5.89 Å². The Bertz CT molecular complexity index is 591. The van der Waals surface area contributed by atoms with E-state index in [0.717, 1.165) is 16.6 Å². The zero-order valence-corrected chi connectivity index (χ0v) is 7.58. The molecule has 1 radical (unpaired) electrons. The summed E-state index contributed by atoms with van der Waals surface area (Å²) < 4.78 is 4.88. The van der Waals surface area contributed by atoms with Crippen LogP contribution in [0.4, 0.5) is 0 Å². The Morgan fingerprint density at radius 2 is 2.20 bits per heavy atom. The van der Waals surface area contributed by atoms with E-state index in [1.54, 1.807) is 12.4 Å². The molecule has 0 spiro atoms. The molecule has 3 heterocycles. The van der Waals surface area contributed by atoms with Crippen molar-refractivity contribution in [3.8, 4) is 11.5 Å². The average Bonchev–Trinajstić information content (AvgIpc) is 2.82. The monoisotopic (exact) mass is 197 g/mol. The fourth-order valence-corrected chi connectivity index (χ4v) is 1.34. The van der Waals surface area contributed by atoms with Crippen molar-refractivity contribution < 1.29 is 4.52 Å². The molecule has 0 saturated heterocycles. The van der Waals surface area contributed by atoms with Crippen LogP contribution in [0.2, 0.25) is 0 Å². The standard InChI is InChI=1S/C10H5N4O/c1-2-8-9(11-3-1)4-7(5-12-8)10-13-6-14-15-10/h1-5H. The lowest BCUT2D eigenvalue weighted by molar-refractivity contribution is 0.428. The summed E-state index contributed by atoms with van der Waals surface area (Å²) in [6.07, 6.45) is 5.75. The van der Waals surface area contributed by atoms with Crippen molar-refractivity contribution in [1.82, 2.24) is 20.1 Å². The van der Waals surface area contributed by atoms with Gasteiger partial charge in [-0.15, -0.1) is 0 Å². The van der Waals surface area contributed by atoms with Gasteiger partial charge in [0, 0.05) is 12.4 Å². The molecule has 0 aliphatic carbocycles. The van der Waals surface area contributed by atoms with Gasteiger partial charge in [0.15, 0.2) is 0 Å².